The maximum Gasteiger partial charge on any atom is 0.0649 e. The van der Waals surface area contributed by atoms with Gasteiger partial charge in [-0.1, -0.05) is 0 Å². The zero-order chi connectivity index (χ0) is 13.3. The van der Waals surface area contributed by atoms with E-state index in [1.54, 1.807) is 0 Å². The smallest absolute Gasteiger partial charge is 0.0649 e. The molecule has 0 saturated heterocycles. The van der Waals surface area contributed by atoms with Gasteiger partial charge in [-0.2, -0.15) is 5.10 Å². The lowest BCUT2D eigenvalue weighted by Crippen LogP contribution is -2.09. The summed E-state index contributed by atoms with van der Waals surface area (Å²) in [7, 11) is 1.98. The van der Waals surface area contributed by atoms with Crippen molar-refractivity contribution in [3.8, 4) is 0 Å². The van der Waals surface area contributed by atoms with Crippen LogP contribution in [-0.2, 0) is 7.05 Å². The predicted molar refractivity (Wildman–Crippen MR) is 73.7 cm³/mol. The molecule has 0 aliphatic heterocycles. The molecule has 2 rings (SSSR count). The van der Waals surface area contributed by atoms with Crippen molar-refractivity contribution in [3.05, 3.63) is 41.0 Å². The summed E-state index contributed by atoms with van der Waals surface area (Å²) in [6.45, 7) is 8.35. The van der Waals surface area contributed by atoms with Gasteiger partial charge in [0.15, 0.2) is 0 Å². The van der Waals surface area contributed by atoms with Crippen LogP contribution in [0.4, 0.5) is 5.69 Å². The van der Waals surface area contributed by atoms with Crippen LogP contribution in [0.2, 0.25) is 0 Å². The summed E-state index contributed by atoms with van der Waals surface area (Å²) < 4.78 is 1.93. The molecule has 2 heterocycles. The van der Waals surface area contributed by atoms with E-state index in [-0.39, 0.29) is 6.04 Å². The molecule has 0 spiro atoms. The molecule has 0 aliphatic carbocycles. The van der Waals surface area contributed by atoms with E-state index in [4.69, 9.17) is 0 Å². The minimum atomic E-state index is 0.224. The second-order valence-electron chi connectivity index (χ2n) is 4.83. The van der Waals surface area contributed by atoms with Gasteiger partial charge in [-0.3, -0.25) is 9.67 Å². The summed E-state index contributed by atoms with van der Waals surface area (Å²) >= 11 is 0. The van der Waals surface area contributed by atoms with E-state index in [1.807, 2.05) is 31.0 Å². The Labute approximate surface area is 108 Å². The molecular weight excluding hydrogens is 224 g/mol. The van der Waals surface area contributed by atoms with Crippen molar-refractivity contribution >= 4 is 5.69 Å². The molecule has 1 N–H and O–H groups in total. The van der Waals surface area contributed by atoms with Gasteiger partial charge in [-0.15, -0.1) is 0 Å². The Morgan fingerprint density at radius 2 is 1.94 bits per heavy atom. The highest BCUT2D eigenvalue weighted by molar-refractivity contribution is 5.46. The van der Waals surface area contributed by atoms with E-state index in [2.05, 4.69) is 42.2 Å². The summed E-state index contributed by atoms with van der Waals surface area (Å²) in [6, 6.07) is 2.33. The average Bonchev–Trinajstić information content (AvgIpc) is 2.53. The normalized spacial score (nSPS) is 12.5. The third kappa shape index (κ3) is 2.37. The van der Waals surface area contributed by atoms with Crippen molar-refractivity contribution in [1.82, 2.24) is 14.8 Å². The van der Waals surface area contributed by atoms with Crippen molar-refractivity contribution in [3.63, 3.8) is 0 Å². The zero-order valence-electron chi connectivity index (χ0n) is 11.7. The molecule has 0 saturated carbocycles. The van der Waals surface area contributed by atoms with Gasteiger partial charge in [0.1, 0.15) is 0 Å². The lowest BCUT2D eigenvalue weighted by molar-refractivity contribution is 0.728. The molecule has 0 aromatic carbocycles. The number of nitrogens with zero attached hydrogens (tertiary/aromatic N) is 3. The van der Waals surface area contributed by atoms with E-state index < -0.39 is 0 Å². The van der Waals surface area contributed by atoms with Gasteiger partial charge in [-0.05, 0) is 39.3 Å². The highest BCUT2D eigenvalue weighted by Crippen LogP contribution is 2.24. The molecule has 96 valence electrons. The van der Waals surface area contributed by atoms with Crippen molar-refractivity contribution in [2.24, 2.45) is 7.05 Å². The number of rotatable bonds is 3. The molecular formula is C14H20N4. The summed E-state index contributed by atoms with van der Waals surface area (Å²) in [5, 5.41) is 7.93. The number of pyridine rings is 1. The number of aryl methyl sites for hydroxylation is 3. The summed E-state index contributed by atoms with van der Waals surface area (Å²) in [5.74, 6) is 0. The Morgan fingerprint density at radius 1 is 1.22 bits per heavy atom. The fourth-order valence-electron chi connectivity index (χ4n) is 2.37. The summed E-state index contributed by atoms with van der Waals surface area (Å²) in [5.41, 5.74) is 5.75. The van der Waals surface area contributed by atoms with Gasteiger partial charge in [0, 0.05) is 30.7 Å². The predicted octanol–water partition coefficient (Wildman–Crippen LogP) is 2.91. The standard InChI is InChI=1S/C14H20N4/c1-9-6-13(8-15-7-9)16-10(2)14-11(3)17-18(5)12(14)4/h6-8,10,16H,1-5H3. The molecule has 1 unspecified atom stereocenters. The van der Waals surface area contributed by atoms with Crippen molar-refractivity contribution in [1.29, 1.82) is 0 Å². The van der Waals surface area contributed by atoms with Crippen molar-refractivity contribution in [2.45, 2.75) is 33.7 Å². The number of nitrogens with one attached hydrogen (secondary N) is 1. The summed E-state index contributed by atoms with van der Waals surface area (Å²) in [4.78, 5) is 4.20. The minimum Gasteiger partial charge on any atom is -0.377 e. The van der Waals surface area contributed by atoms with Gasteiger partial charge in [-0.25, -0.2) is 0 Å². The van der Waals surface area contributed by atoms with Crippen molar-refractivity contribution < 1.29 is 0 Å². The SMILES string of the molecule is Cc1cncc(NC(C)c2c(C)nn(C)c2C)c1. The Kier molecular flexibility index (Phi) is 3.36. The van der Waals surface area contributed by atoms with Gasteiger partial charge >= 0.3 is 0 Å². The van der Waals surface area contributed by atoms with E-state index in [0.717, 1.165) is 16.9 Å². The van der Waals surface area contributed by atoms with Gasteiger partial charge < -0.3 is 5.32 Å². The van der Waals surface area contributed by atoms with Crippen LogP contribution in [0.25, 0.3) is 0 Å². The van der Waals surface area contributed by atoms with Crippen LogP contribution in [0.1, 0.15) is 35.5 Å². The number of hydrogen-bond acceptors (Lipinski definition) is 3. The maximum absolute atomic E-state index is 4.45. The van der Waals surface area contributed by atoms with Gasteiger partial charge in [0.25, 0.3) is 0 Å². The molecule has 1 atom stereocenters. The number of hydrogen-bond donors (Lipinski definition) is 1. The lowest BCUT2D eigenvalue weighted by Gasteiger charge is -2.16. The molecule has 0 radical (unpaired) electrons. The highest BCUT2D eigenvalue weighted by atomic mass is 15.3. The van der Waals surface area contributed by atoms with Crippen LogP contribution in [0, 0.1) is 20.8 Å². The molecule has 0 bridgehead atoms. The van der Waals surface area contributed by atoms with Gasteiger partial charge in [0.2, 0.25) is 0 Å². The second kappa shape index (κ2) is 4.80. The molecule has 18 heavy (non-hydrogen) atoms. The van der Waals surface area contributed by atoms with Crippen molar-refractivity contribution in [2.75, 3.05) is 5.32 Å². The van der Waals surface area contributed by atoms with E-state index >= 15 is 0 Å². The zero-order valence-corrected chi connectivity index (χ0v) is 11.7. The van der Waals surface area contributed by atoms with E-state index in [0.29, 0.717) is 0 Å². The van der Waals surface area contributed by atoms with Crippen LogP contribution in [0.15, 0.2) is 18.5 Å². The summed E-state index contributed by atoms with van der Waals surface area (Å²) in [6.07, 6.45) is 3.71. The number of aromatic nitrogens is 3. The monoisotopic (exact) mass is 244 g/mol. The quantitative estimate of drug-likeness (QED) is 0.902. The van der Waals surface area contributed by atoms with E-state index in [1.165, 1.54) is 11.3 Å². The fourth-order valence-corrected chi connectivity index (χ4v) is 2.37. The van der Waals surface area contributed by atoms with Crippen LogP contribution >= 0.6 is 0 Å². The third-order valence-corrected chi connectivity index (χ3v) is 3.26. The Morgan fingerprint density at radius 3 is 2.50 bits per heavy atom. The topological polar surface area (TPSA) is 42.7 Å². The Hall–Kier alpha value is -1.84. The Bertz CT molecular complexity index is 557. The van der Waals surface area contributed by atoms with Crippen LogP contribution in [0.5, 0.6) is 0 Å². The van der Waals surface area contributed by atoms with Crippen LogP contribution in [0.3, 0.4) is 0 Å². The van der Waals surface area contributed by atoms with Crippen LogP contribution in [-0.4, -0.2) is 14.8 Å². The first-order valence-corrected chi connectivity index (χ1v) is 6.17. The molecule has 2 aromatic rings. The average molecular weight is 244 g/mol. The molecule has 4 nitrogen and oxygen atoms in total. The highest BCUT2D eigenvalue weighted by Gasteiger charge is 2.16. The lowest BCUT2D eigenvalue weighted by atomic mass is 10.1. The first-order valence-electron chi connectivity index (χ1n) is 6.17. The third-order valence-electron chi connectivity index (χ3n) is 3.26. The van der Waals surface area contributed by atoms with E-state index in [9.17, 15) is 0 Å². The minimum absolute atomic E-state index is 0.224. The maximum atomic E-state index is 4.45. The Balaban J connectivity index is 2.24. The number of anilines is 1. The fraction of sp³-hybridized carbons (Fsp3) is 0.429. The molecule has 0 amide bonds. The second-order valence-corrected chi connectivity index (χ2v) is 4.83. The largest absolute Gasteiger partial charge is 0.377 e. The van der Waals surface area contributed by atoms with Gasteiger partial charge in [0.05, 0.1) is 17.4 Å². The first-order chi connectivity index (χ1) is 8.49. The molecule has 0 fully saturated rings. The molecule has 0 aliphatic rings. The molecule has 2 aromatic heterocycles. The van der Waals surface area contributed by atoms with Crippen LogP contribution < -0.4 is 5.32 Å². The first kappa shape index (κ1) is 12.6. The molecule has 4 heteroatoms.